The van der Waals surface area contributed by atoms with E-state index in [4.69, 9.17) is 13.9 Å². The quantitative estimate of drug-likeness (QED) is 0.672. The summed E-state index contributed by atoms with van der Waals surface area (Å²) in [5.41, 5.74) is 2.27. The van der Waals surface area contributed by atoms with Crippen molar-refractivity contribution in [2.24, 2.45) is 0 Å². The Labute approximate surface area is 162 Å². The van der Waals surface area contributed by atoms with Gasteiger partial charge in [0.05, 0.1) is 20.5 Å². The summed E-state index contributed by atoms with van der Waals surface area (Å²) in [6, 6.07) is 13.4. The van der Waals surface area contributed by atoms with Gasteiger partial charge in [0.25, 0.3) is 11.8 Å². The molecule has 0 aliphatic carbocycles. The molecule has 2 aromatic carbocycles. The molecule has 0 aliphatic rings. The van der Waals surface area contributed by atoms with Crippen LogP contribution in [-0.4, -0.2) is 26.0 Å². The molecule has 0 spiro atoms. The van der Waals surface area contributed by atoms with E-state index in [1.165, 1.54) is 20.5 Å². The van der Waals surface area contributed by atoms with E-state index in [2.05, 4.69) is 10.6 Å². The molecule has 0 fully saturated rings. The predicted molar refractivity (Wildman–Crippen MR) is 105 cm³/mol. The molecule has 0 aliphatic heterocycles. The maximum atomic E-state index is 12.7. The zero-order valence-electron chi connectivity index (χ0n) is 15.7. The van der Waals surface area contributed by atoms with Crippen molar-refractivity contribution in [1.29, 1.82) is 0 Å². The number of furan rings is 1. The average molecular weight is 380 g/mol. The zero-order chi connectivity index (χ0) is 20.1. The summed E-state index contributed by atoms with van der Waals surface area (Å²) in [7, 11) is 3.07. The van der Waals surface area contributed by atoms with Gasteiger partial charge in [-0.05, 0) is 36.8 Å². The molecule has 3 rings (SSSR count). The molecule has 2 amide bonds. The maximum Gasteiger partial charge on any atom is 0.291 e. The number of methoxy groups -OCH3 is 2. The second-order valence-electron chi connectivity index (χ2n) is 6.02. The van der Waals surface area contributed by atoms with E-state index in [0.717, 1.165) is 5.56 Å². The van der Waals surface area contributed by atoms with E-state index < -0.39 is 0 Å². The summed E-state index contributed by atoms with van der Waals surface area (Å²) in [5, 5.41) is 5.56. The van der Waals surface area contributed by atoms with E-state index in [1.807, 2.05) is 6.92 Å². The molecule has 0 bridgehead atoms. The van der Waals surface area contributed by atoms with Crippen LogP contribution in [0.25, 0.3) is 0 Å². The third-order valence-corrected chi connectivity index (χ3v) is 4.10. The molecule has 0 saturated carbocycles. The Hall–Kier alpha value is -3.74. The Bertz CT molecular complexity index is 974. The first-order chi connectivity index (χ1) is 13.5. The molecule has 1 heterocycles. The van der Waals surface area contributed by atoms with Crippen LogP contribution in [0.4, 0.5) is 11.4 Å². The lowest BCUT2D eigenvalue weighted by Crippen LogP contribution is -2.15. The van der Waals surface area contributed by atoms with Crippen molar-refractivity contribution in [3.63, 3.8) is 0 Å². The average Bonchev–Trinajstić information content (AvgIpc) is 3.24. The number of carbonyl (C=O) groups excluding carboxylic acids is 2. The van der Waals surface area contributed by atoms with Crippen molar-refractivity contribution in [1.82, 2.24) is 0 Å². The lowest BCUT2D eigenvalue weighted by molar-refractivity contribution is 0.0993. The van der Waals surface area contributed by atoms with Crippen LogP contribution in [0, 0.1) is 6.92 Å². The van der Waals surface area contributed by atoms with Crippen LogP contribution in [0.5, 0.6) is 11.5 Å². The normalized spacial score (nSPS) is 10.2. The highest BCUT2D eigenvalue weighted by Crippen LogP contribution is 2.26. The Balaban J connectivity index is 1.80. The minimum atomic E-state index is -0.386. The maximum absolute atomic E-state index is 12.7. The summed E-state index contributed by atoms with van der Waals surface area (Å²) in [6.07, 6.45) is 1.42. The number of amides is 2. The third kappa shape index (κ3) is 4.32. The smallest absolute Gasteiger partial charge is 0.291 e. The Morgan fingerprint density at radius 1 is 0.893 bits per heavy atom. The fraction of sp³-hybridized carbons (Fsp3) is 0.143. The van der Waals surface area contributed by atoms with Crippen LogP contribution < -0.4 is 20.1 Å². The fourth-order valence-corrected chi connectivity index (χ4v) is 2.57. The van der Waals surface area contributed by atoms with E-state index in [9.17, 15) is 9.59 Å². The minimum Gasteiger partial charge on any atom is -0.497 e. The lowest BCUT2D eigenvalue weighted by Gasteiger charge is -2.12. The van der Waals surface area contributed by atoms with Crippen molar-refractivity contribution in [2.45, 2.75) is 6.92 Å². The van der Waals surface area contributed by atoms with Gasteiger partial charge in [-0.2, -0.15) is 0 Å². The van der Waals surface area contributed by atoms with Crippen LogP contribution >= 0.6 is 0 Å². The van der Waals surface area contributed by atoms with E-state index >= 15 is 0 Å². The number of anilines is 2. The van der Waals surface area contributed by atoms with Crippen molar-refractivity contribution >= 4 is 23.2 Å². The number of benzene rings is 2. The summed E-state index contributed by atoms with van der Waals surface area (Å²) in [6.45, 7) is 1.84. The van der Waals surface area contributed by atoms with Gasteiger partial charge >= 0.3 is 0 Å². The predicted octanol–water partition coefficient (Wildman–Crippen LogP) is 4.11. The monoisotopic (exact) mass is 380 g/mol. The molecule has 7 heteroatoms. The Morgan fingerprint density at radius 2 is 1.61 bits per heavy atom. The largest absolute Gasteiger partial charge is 0.497 e. The number of nitrogens with one attached hydrogen (secondary N) is 2. The van der Waals surface area contributed by atoms with Gasteiger partial charge in [-0.1, -0.05) is 6.07 Å². The molecule has 28 heavy (non-hydrogen) atoms. The van der Waals surface area contributed by atoms with Gasteiger partial charge in [-0.3, -0.25) is 9.59 Å². The molecule has 0 atom stereocenters. The number of ether oxygens (including phenoxy) is 2. The van der Waals surface area contributed by atoms with Gasteiger partial charge in [0.1, 0.15) is 11.5 Å². The first kappa shape index (κ1) is 19.0. The van der Waals surface area contributed by atoms with Crippen molar-refractivity contribution in [3.05, 3.63) is 71.7 Å². The summed E-state index contributed by atoms with van der Waals surface area (Å²) < 4.78 is 15.5. The first-order valence-corrected chi connectivity index (χ1v) is 8.50. The van der Waals surface area contributed by atoms with E-state index in [-0.39, 0.29) is 17.6 Å². The summed E-state index contributed by atoms with van der Waals surface area (Å²) in [4.78, 5) is 24.9. The molecule has 3 aromatic rings. The Kier molecular flexibility index (Phi) is 5.64. The standard InChI is InChI=1S/C21H20N2O5/c1-13-6-7-14(9-18(13)23-21(25)19-5-4-8-28-19)20(24)22-15-10-16(26-2)12-17(11-15)27-3/h4-12H,1-3H3,(H,22,24)(H,23,25). The van der Waals surface area contributed by atoms with Crippen LogP contribution in [0.1, 0.15) is 26.5 Å². The van der Waals surface area contributed by atoms with E-state index in [1.54, 1.807) is 48.5 Å². The molecule has 2 N–H and O–H groups in total. The van der Waals surface area contributed by atoms with Crippen molar-refractivity contribution < 1.29 is 23.5 Å². The summed E-state index contributed by atoms with van der Waals surface area (Å²) >= 11 is 0. The molecule has 0 radical (unpaired) electrons. The topological polar surface area (TPSA) is 89.8 Å². The second-order valence-corrected chi connectivity index (χ2v) is 6.02. The van der Waals surface area contributed by atoms with Gasteiger partial charge in [0.2, 0.25) is 0 Å². The molecular weight excluding hydrogens is 360 g/mol. The van der Waals surface area contributed by atoms with Crippen molar-refractivity contribution in [2.75, 3.05) is 24.9 Å². The van der Waals surface area contributed by atoms with Crippen LogP contribution in [0.2, 0.25) is 0 Å². The van der Waals surface area contributed by atoms with Crippen molar-refractivity contribution in [3.8, 4) is 11.5 Å². The van der Waals surface area contributed by atoms with Crippen LogP contribution in [-0.2, 0) is 0 Å². The first-order valence-electron chi connectivity index (χ1n) is 8.50. The second kappa shape index (κ2) is 8.30. The molecule has 7 nitrogen and oxygen atoms in total. The van der Waals surface area contributed by atoms with Gasteiger partial charge < -0.3 is 24.5 Å². The van der Waals surface area contributed by atoms with Gasteiger partial charge in [-0.25, -0.2) is 0 Å². The number of hydrogen-bond acceptors (Lipinski definition) is 5. The zero-order valence-corrected chi connectivity index (χ0v) is 15.7. The van der Waals surface area contributed by atoms with Gasteiger partial charge in [0, 0.05) is 35.1 Å². The number of carbonyl (C=O) groups is 2. The molecule has 0 saturated heterocycles. The third-order valence-electron chi connectivity index (χ3n) is 4.10. The van der Waals surface area contributed by atoms with Crippen LogP contribution in [0.3, 0.4) is 0 Å². The summed E-state index contributed by atoms with van der Waals surface area (Å²) in [5.74, 6) is 0.597. The van der Waals surface area contributed by atoms with E-state index in [0.29, 0.717) is 28.4 Å². The van der Waals surface area contributed by atoms with Crippen LogP contribution in [0.15, 0.2) is 59.2 Å². The highest BCUT2D eigenvalue weighted by Gasteiger charge is 2.14. The fourth-order valence-electron chi connectivity index (χ4n) is 2.57. The number of hydrogen-bond donors (Lipinski definition) is 2. The Morgan fingerprint density at radius 3 is 2.21 bits per heavy atom. The SMILES string of the molecule is COc1cc(NC(=O)c2ccc(C)c(NC(=O)c3ccco3)c2)cc(OC)c1. The molecule has 1 aromatic heterocycles. The van der Waals surface area contributed by atoms with Gasteiger partial charge in [-0.15, -0.1) is 0 Å². The number of rotatable bonds is 6. The van der Waals surface area contributed by atoms with Gasteiger partial charge in [0.15, 0.2) is 5.76 Å². The number of aryl methyl sites for hydroxylation is 1. The highest BCUT2D eigenvalue weighted by molar-refractivity contribution is 6.07. The molecular formula is C21H20N2O5. The molecule has 144 valence electrons. The molecule has 0 unspecified atom stereocenters. The minimum absolute atomic E-state index is 0.192. The highest BCUT2D eigenvalue weighted by atomic mass is 16.5. The lowest BCUT2D eigenvalue weighted by atomic mass is 10.1.